The molecule has 1 aromatic rings. The molecule has 1 aliphatic heterocycles. The van der Waals surface area contributed by atoms with Crippen LogP contribution >= 0.6 is 15.9 Å². The Kier molecular flexibility index (Phi) is 4.65. The molecule has 0 N–H and O–H groups in total. The Labute approximate surface area is 109 Å². The summed E-state index contributed by atoms with van der Waals surface area (Å²) in [6.45, 7) is 1.02. The van der Waals surface area contributed by atoms with E-state index in [1.165, 1.54) is 0 Å². The lowest BCUT2D eigenvalue weighted by Gasteiger charge is -2.13. The van der Waals surface area contributed by atoms with E-state index in [-0.39, 0.29) is 12.4 Å². The molecule has 0 amide bonds. The van der Waals surface area contributed by atoms with Gasteiger partial charge < -0.3 is 18.9 Å². The summed E-state index contributed by atoms with van der Waals surface area (Å²) in [6.07, 6.45) is -0.191. The summed E-state index contributed by atoms with van der Waals surface area (Å²) in [5.41, 5.74) is 0. The Morgan fingerprint density at radius 3 is 2.76 bits per heavy atom. The monoisotopic (exact) mass is 302 g/mol. The summed E-state index contributed by atoms with van der Waals surface area (Å²) >= 11 is 3.31. The number of rotatable bonds is 5. The van der Waals surface area contributed by atoms with E-state index >= 15 is 0 Å². The van der Waals surface area contributed by atoms with Crippen molar-refractivity contribution in [2.24, 2.45) is 0 Å². The maximum absolute atomic E-state index is 5.66. The van der Waals surface area contributed by atoms with Crippen LogP contribution in [0.15, 0.2) is 24.3 Å². The Bertz CT molecular complexity index is 358. The summed E-state index contributed by atoms with van der Waals surface area (Å²) in [7, 11) is 1.62. The molecule has 5 heteroatoms. The van der Waals surface area contributed by atoms with Crippen molar-refractivity contribution < 1.29 is 18.9 Å². The average molecular weight is 303 g/mol. The van der Waals surface area contributed by atoms with Crippen molar-refractivity contribution >= 4 is 15.9 Å². The first-order valence-corrected chi connectivity index (χ1v) is 6.54. The summed E-state index contributed by atoms with van der Waals surface area (Å²) < 4.78 is 21.8. The fraction of sp³-hybridized carbons (Fsp3) is 0.500. The van der Waals surface area contributed by atoms with Crippen LogP contribution < -0.4 is 9.47 Å². The predicted molar refractivity (Wildman–Crippen MR) is 66.9 cm³/mol. The van der Waals surface area contributed by atoms with Crippen molar-refractivity contribution in [3.05, 3.63) is 24.3 Å². The molecular formula is C12H15BrO4. The van der Waals surface area contributed by atoms with Crippen molar-refractivity contribution in [3.8, 4) is 11.5 Å². The molecule has 1 saturated heterocycles. The van der Waals surface area contributed by atoms with Gasteiger partial charge in [-0.25, -0.2) is 0 Å². The molecule has 1 aliphatic rings. The quantitative estimate of drug-likeness (QED) is 0.782. The van der Waals surface area contributed by atoms with E-state index in [1.807, 2.05) is 24.3 Å². The average Bonchev–Trinajstić information content (AvgIpc) is 2.84. The van der Waals surface area contributed by atoms with E-state index in [4.69, 9.17) is 18.9 Å². The van der Waals surface area contributed by atoms with Crippen LogP contribution in [0, 0.1) is 0 Å². The van der Waals surface area contributed by atoms with E-state index < -0.39 is 0 Å². The maximum atomic E-state index is 5.66. The van der Waals surface area contributed by atoms with E-state index in [0.29, 0.717) is 18.5 Å². The molecule has 94 valence electrons. The van der Waals surface area contributed by atoms with Gasteiger partial charge >= 0.3 is 0 Å². The first-order valence-electron chi connectivity index (χ1n) is 5.42. The SMILES string of the molecule is COc1ccccc1OCC1COC(CBr)O1. The van der Waals surface area contributed by atoms with Crippen molar-refractivity contribution in [3.63, 3.8) is 0 Å². The van der Waals surface area contributed by atoms with Gasteiger partial charge in [-0.3, -0.25) is 0 Å². The van der Waals surface area contributed by atoms with E-state index in [9.17, 15) is 0 Å². The van der Waals surface area contributed by atoms with Gasteiger partial charge in [-0.15, -0.1) is 0 Å². The van der Waals surface area contributed by atoms with E-state index in [0.717, 1.165) is 11.5 Å². The molecule has 1 fully saturated rings. The van der Waals surface area contributed by atoms with Crippen molar-refractivity contribution in [2.75, 3.05) is 25.7 Å². The van der Waals surface area contributed by atoms with Crippen LogP contribution in [0.4, 0.5) is 0 Å². The lowest BCUT2D eigenvalue weighted by atomic mass is 10.3. The Hall–Kier alpha value is -0.780. The standard InChI is InChI=1S/C12H15BrO4/c1-14-10-4-2-3-5-11(10)15-7-9-8-16-12(6-13)17-9/h2-5,9,12H,6-8H2,1H3. The minimum absolute atomic E-state index is 0.0255. The third kappa shape index (κ3) is 3.34. The third-order valence-corrected chi connectivity index (χ3v) is 2.96. The Morgan fingerprint density at radius 1 is 1.35 bits per heavy atom. The number of hydrogen-bond donors (Lipinski definition) is 0. The van der Waals surface area contributed by atoms with Gasteiger partial charge in [0.1, 0.15) is 12.7 Å². The molecule has 0 aliphatic carbocycles. The second-order valence-electron chi connectivity index (χ2n) is 3.64. The van der Waals surface area contributed by atoms with Crippen LogP contribution in [0.2, 0.25) is 0 Å². The Balaban J connectivity index is 1.85. The first-order chi connectivity index (χ1) is 8.33. The molecule has 1 aromatic carbocycles. The van der Waals surface area contributed by atoms with Crippen molar-refractivity contribution in [2.45, 2.75) is 12.4 Å². The van der Waals surface area contributed by atoms with Gasteiger partial charge in [0.2, 0.25) is 0 Å². The van der Waals surface area contributed by atoms with Crippen molar-refractivity contribution in [1.82, 2.24) is 0 Å². The Morgan fingerprint density at radius 2 is 2.12 bits per heavy atom. The number of alkyl halides is 1. The first kappa shape index (κ1) is 12.7. The molecule has 2 rings (SSSR count). The van der Waals surface area contributed by atoms with Gasteiger partial charge in [-0.1, -0.05) is 28.1 Å². The lowest BCUT2D eigenvalue weighted by Crippen LogP contribution is -2.21. The van der Waals surface area contributed by atoms with E-state index in [2.05, 4.69) is 15.9 Å². The molecule has 1 heterocycles. The van der Waals surface area contributed by atoms with Gasteiger partial charge in [0.25, 0.3) is 0 Å². The molecule has 0 saturated carbocycles. The van der Waals surface area contributed by atoms with Crippen LogP contribution in [-0.2, 0) is 9.47 Å². The van der Waals surface area contributed by atoms with Crippen LogP contribution in [0.25, 0.3) is 0 Å². The topological polar surface area (TPSA) is 36.9 Å². The van der Waals surface area contributed by atoms with Gasteiger partial charge in [-0.05, 0) is 12.1 Å². The van der Waals surface area contributed by atoms with Gasteiger partial charge in [0.05, 0.1) is 19.0 Å². The molecule has 2 atom stereocenters. The molecule has 0 radical (unpaired) electrons. The minimum Gasteiger partial charge on any atom is -0.493 e. The molecule has 17 heavy (non-hydrogen) atoms. The summed E-state index contributed by atoms with van der Waals surface area (Å²) in [6, 6.07) is 7.55. The minimum atomic E-state index is -0.165. The zero-order valence-corrected chi connectivity index (χ0v) is 11.2. The summed E-state index contributed by atoms with van der Waals surface area (Å²) in [5, 5.41) is 0.679. The smallest absolute Gasteiger partial charge is 0.167 e. The largest absolute Gasteiger partial charge is 0.493 e. The zero-order chi connectivity index (χ0) is 12.1. The molecule has 0 aromatic heterocycles. The van der Waals surface area contributed by atoms with Gasteiger partial charge in [0, 0.05) is 0 Å². The normalized spacial score (nSPS) is 23.6. The third-order valence-electron chi connectivity index (χ3n) is 2.43. The summed E-state index contributed by atoms with van der Waals surface area (Å²) in [5.74, 6) is 1.45. The fourth-order valence-electron chi connectivity index (χ4n) is 1.60. The maximum Gasteiger partial charge on any atom is 0.167 e. The second kappa shape index (κ2) is 6.23. The number of ether oxygens (including phenoxy) is 4. The molecule has 0 bridgehead atoms. The number of hydrogen-bond acceptors (Lipinski definition) is 4. The van der Waals surface area contributed by atoms with Gasteiger partial charge in [-0.2, -0.15) is 0 Å². The highest BCUT2D eigenvalue weighted by Crippen LogP contribution is 2.26. The summed E-state index contributed by atoms with van der Waals surface area (Å²) in [4.78, 5) is 0. The second-order valence-corrected chi connectivity index (χ2v) is 4.28. The van der Waals surface area contributed by atoms with Crippen molar-refractivity contribution in [1.29, 1.82) is 0 Å². The van der Waals surface area contributed by atoms with E-state index in [1.54, 1.807) is 7.11 Å². The van der Waals surface area contributed by atoms with Crippen LogP contribution in [0.5, 0.6) is 11.5 Å². The molecule has 4 nitrogen and oxygen atoms in total. The van der Waals surface area contributed by atoms with Crippen LogP contribution in [0.1, 0.15) is 0 Å². The molecule has 2 unspecified atom stereocenters. The van der Waals surface area contributed by atoms with Crippen LogP contribution in [-0.4, -0.2) is 38.0 Å². The highest BCUT2D eigenvalue weighted by Gasteiger charge is 2.25. The molecule has 0 spiro atoms. The number of methoxy groups -OCH3 is 1. The number of para-hydroxylation sites is 2. The number of benzene rings is 1. The highest BCUT2D eigenvalue weighted by atomic mass is 79.9. The predicted octanol–water partition coefficient (Wildman–Crippen LogP) is 2.21. The molecular weight excluding hydrogens is 288 g/mol. The lowest BCUT2D eigenvalue weighted by molar-refractivity contribution is -0.0444. The fourth-order valence-corrected chi connectivity index (χ4v) is 1.94. The zero-order valence-electron chi connectivity index (χ0n) is 9.60. The number of halogens is 1. The van der Waals surface area contributed by atoms with Crippen LogP contribution in [0.3, 0.4) is 0 Å². The highest BCUT2D eigenvalue weighted by molar-refractivity contribution is 9.09. The van der Waals surface area contributed by atoms with Gasteiger partial charge in [0.15, 0.2) is 17.8 Å².